The van der Waals surface area contributed by atoms with E-state index >= 15 is 0 Å². The molecular formula is C7H16ClOP. The van der Waals surface area contributed by atoms with Gasteiger partial charge in [-0.3, -0.25) is 0 Å². The molecule has 0 radical (unpaired) electrons. The zero-order valence-electron chi connectivity index (χ0n) is 7.15. The Balaban J connectivity index is 4.51. The summed E-state index contributed by atoms with van der Waals surface area (Å²) in [6, 6.07) is 0. The molecule has 0 saturated heterocycles. The van der Waals surface area contributed by atoms with E-state index in [1.165, 1.54) is 0 Å². The van der Waals surface area contributed by atoms with Crippen molar-refractivity contribution in [1.82, 2.24) is 0 Å². The van der Waals surface area contributed by atoms with Crippen molar-refractivity contribution >= 4 is 18.7 Å². The Bertz CT molecular complexity index is 140. The van der Waals surface area contributed by atoms with Gasteiger partial charge in [-0.25, -0.2) is 0 Å². The van der Waals surface area contributed by atoms with Gasteiger partial charge in [0.25, 0.3) is 0 Å². The van der Waals surface area contributed by atoms with Crippen molar-refractivity contribution in [1.29, 1.82) is 0 Å². The average Bonchev–Trinajstić information content (AvgIpc) is 1.84. The second-order valence-electron chi connectivity index (χ2n) is 2.93. The van der Waals surface area contributed by atoms with Gasteiger partial charge in [-0.15, -0.1) is 11.6 Å². The van der Waals surface area contributed by atoms with E-state index in [-0.39, 0.29) is 0 Å². The molecule has 0 heterocycles. The van der Waals surface area contributed by atoms with Crippen LogP contribution in [0.2, 0.25) is 0 Å². The SMILES string of the molecule is CCP(=O)(CC)C(C)(C)Cl. The second-order valence-corrected chi connectivity index (χ2v) is 8.30. The highest BCUT2D eigenvalue weighted by Gasteiger charge is 2.34. The fourth-order valence-electron chi connectivity index (χ4n) is 0.976. The minimum Gasteiger partial charge on any atom is -0.322 e. The van der Waals surface area contributed by atoms with Crippen molar-refractivity contribution < 1.29 is 4.57 Å². The first-order valence-electron chi connectivity index (χ1n) is 3.64. The van der Waals surface area contributed by atoms with Crippen LogP contribution >= 0.6 is 18.7 Å². The van der Waals surface area contributed by atoms with Crippen LogP contribution in [0.25, 0.3) is 0 Å². The maximum atomic E-state index is 11.8. The summed E-state index contributed by atoms with van der Waals surface area (Å²) >= 11 is 5.98. The number of rotatable bonds is 3. The molecule has 0 aliphatic carbocycles. The molecule has 0 saturated carbocycles. The third-order valence-corrected chi connectivity index (χ3v) is 6.90. The smallest absolute Gasteiger partial charge is 0.106 e. The van der Waals surface area contributed by atoms with Crippen molar-refractivity contribution in [2.24, 2.45) is 0 Å². The summed E-state index contributed by atoms with van der Waals surface area (Å²) < 4.78 is 11.3. The van der Waals surface area contributed by atoms with Crippen molar-refractivity contribution in [3.63, 3.8) is 0 Å². The third kappa shape index (κ3) is 2.00. The number of hydrogen-bond acceptors (Lipinski definition) is 1. The van der Waals surface area contributed by atoms with Crippen molar-refractivity contribution in [2.45, 2.75) is 32.3 Å². The summed E-state index contributed by atoms with van der Waals surface area (Å²) in [4.78, 5) is 0. The van der Waals surface area contributed by atoms with Crippen molar-refractivity contribution in [3.8, 4) is 0 Å². The lowest BCUT2D eigenvalue weighted by Crippen LogP contribution is -2.14. The van der Waals surface area contributed by atoms with E-state index in [0.29, 0.717) is 12.3 Å². The summed E-state index contributed by atoms with van der Waals surface area (Å²) in [7, 11) is -2.10. The Morgan fingerprint density at radius 3 is 1.60 bits per heavy atom. The maximum Gasteiger partial charge on any atom is 0.106 e. The van der Waals surface area contributed by atoms with Crippen LogP contribution in [0.3, 0.4) is 0 Å². The normalized spacial score (nSPS) is 13.7. The molecule has 10 heavy (non-hydrogen) atoms. The average molecular weight is 183 g/mol. The van der Waals surface area contributed by atoms with Gasteiger partial charge in [0, 0.05) is 0 Å². The molecule has 0 spiro atoms. The fraction of sp³-hybridized carbons (Fsp3) is 1.00. The minimum atomic E-state index is -2.10. The lowest BCUT2D eigenvalue weighted by molar-refractivity contribution is 0.565. The standard InChI is InChI=1S/C7H16ClOP/c1-5-10(9,6-2)7(3,4)8/h5-6H2,1-4H3. The molecule has 0 fully saturated rings. The van der Waals surface area contributed by atoms with Crippen LogP contribution in [0.4, 0.5) is 0 Å². The first-order valence-corrected chi connectivity index (χ1v) is 6.10. The molecule has 0 amide bonds. The van der Waals surface area contributed by atoms with Crippen LogP contribution in [0, 0.1) is 0 Å². The summed E-state index contributed by atoms with van der Waals surface area (Å²) in [6.45, 7) is 7.55. The van der Waals surface area contributed by atoms with Crippen LogP contribution < -0.4 is 0 Å². The molecule has 0 rings (SSSR count). The summed E-state index contributed by atoms with van der Waals surface area (Å²) in [6.07, 6.45) is 1.42. The number of halogens is 1. The molecular weight excluding hydrogens is 167 g/mol. The first kappa shape index (κ1) is 10.5. The highest BCUT2D eigenvalue weighted by atomic mass is 35.5. The molecule has 0 bridgehead atoms. The van der Waals surface area contributed by atoms with Gasteiger partial charge in [0.2, 0.25) is 0 Å². The van der Waals surface area contributed by atoms with Crippen molar-refractivity contribution in [2.75, 3.05) is 12.3 Å². The molecule has 3 heteroatoms. The second kappa shape index (κ2) is 3.28. The van der Waals surface area contributed by atoms with E-state index in [1.54, 1.807) is 0 Å². The molecule has 0 aromatic heterocycles. The van der Waals surface area contributed by atoms with Crippen molar-refractivity contribution in [3.05, 3.63) is 0 Å². The summed E-state index contributed by atoms with van der Waals surface area (Å²) in [5, 5.41) is 0. The van der Waals surface area contributed by atoms with E-state index in [2.05, 4.69) is 0 Å². The monoisotopic (exact) mass is 182 g/mol. The number of hydrogen-bond donors (Lipinski definition) is 0. The quantitative estimate of drug-likeness (QED) is 0.483. The lowest BCUT2D eigenvalue weighted by atomic mass is 10.5. The topological polar surface area (TPSA) is 17.1 Å². The van der Waals surface area contributed by atoms with E-state index in [1.807, 2.05) is 27.7 Å². The van der Waals surface area contributed by atoms with Gasteiger partial charge in [-0.2, -0.15) is 0 Å². The molecule has 0 aromatic rings. The van der Waals surface area contributed by atoms with Gasteiger partial charge in [0.1, 0.15) is 7.14 Å². The Morgan fingerprint density at radius 1 is 1.30 bits per heavy atom. The fourth-order valence-corrected chi connectivity index (χ4v) is 3.64. The third-order valence-electron chi connectivity index (χ3n) is 1.99. The van der Waals surface area contributed by atoms with Crippen LogP contribution in [-0.2, 0) is 4.57 Å². The van der Waals surface area contributed by atoms with Crippen LogP contribution in [0.15, 0.2) is 0 Å². The van der Waals surface area contributed by atoms with Gasteiger partial charge >= 0.3 is 0 Å². The first-order chi connectivity index (χ1) is 4.37. The predicted octanol–water partition coefficient (Wildman–Crippen LogP) is 3.36. The van der Waals surface area contributed by atoms with Gasteiger partial charge in [-0.05, 0) is 26.2 Å². The Hall–Kier alpha value is 0.520. The molecule has 0 N–H and O–H groups in total. The van der Waals surface area contributed by atoms with Gasteiger partial charge < -0.3 is 4.57 Å². The Labute approximate surface area is 68.5 Å². The van der Waals surface area contributed by atoms with E-state index in [9.17, 15) is 4.57 Å². The Morgan fingerprint density at radius 2 is 1.60 bits per heavy atom. The largest absolute Gasteiger partial charge is 0.322 e. The summed E-state index contributed by atoms with van der Waals surface area (Å²) in [5.41, 5.74) is 0. The molecule has 0 unspecified atom stereocenters. The molecule has 0 aromatic carbocycles. The van der Waals surface area contributed by atoms with E-state index < -0.39 is 11.8 Å². The molecule has 0 aliphatic heterocycles. The molecule has 62 valence electrons. The van der Waals surface area contributed by atoms with E-state index in [0.717, 1.165) is 0 Å². The van der Waals surface area contributed by atoms with Crippen LogP contribution in [0.1, 0.15) is 27.7 Å². The summed E-state index contributed by atoms with van der Waals surface area (Å²) in [5.74, 6) is 0. The highest BCUT2D eigenvalue weighted by Crippen LogP contribution is 2.59. The van der Waals surface area contributed by atoms with Gasteiger partial charge in [0.05, 0.1) is 4.62 Å². The molecule has 0 aliphatic rings. The maximum absolute atomic E-state index is 11.8. The van der Waals surface area contributed by atoms with Crippen LogP contribution in [-0.4, -0.2) is 16.9 Å². The zero-order valence-corrected chi connectivity index (χ0v) is 8.80. The van der Waals surface area contributed by atoms with E-state index in [4.69, 9.17) is 11.6 Å². The lowest BCUT2D eigenvalue weighted by Gasteiger charge is -2.26. The molecule has 1 nitrogen and oxygen atoms in total. The predicted molar refractivity (Wildman–Crippen MR) is 48.6 cm³/mol. The van der Waals surface area contributed by atoms with Gasteiger partial charge in [-0.1, -0.05) is 13.8 Å². The minimum absolute atomic E-state index is 0.517. The zero-order chi connectivity index (χ0) is 8.41. The number of alkyl halides is 1. The van der Waals surface area contributed by atoms with Crippen LogP contribution in [0.5, 0.6) is 0 Å². The molecule has 0 atom stereocenters. The Kier molecular flexibility index (Phi) is 3.45. The van der Waals surface area contributed by atoms with Gasteiger partial charge in [0.15, 0.2) is 0 Å². The highest BCUT2D eigenvalue weighted by molar-refractivity contribution is 7.67.